The summed E-state index contributed by atoms with van der Waals surface area (Å²) in [6.45, 7) is 5.45. The number of nitrogens with zero attached hydrogens (tertiary/aromatic N) is 4. The highest BCUT2D eigenvalue weighted by Crippen LogP contribution is 2.60. The topological polar surface area (TPSA) is 51.6 Å². The van der Waals surface area contributed by atoms with Gasteiger partial charge >= 0.3 is 24.7 Å². The summed E-state index contributed by atoms with van der Waals surface area (Å²) in [7, 11) is 0. The van der Waals surface area contributed by atoms with Crippen LogP contribution in [0, 0.1) is 27.7 Å². The summed E-state index contributed by atoms with van der Waals surface area (Å²) in [5.41, 5.74) is -11.0. The molecule has 0 aliphatic heterocycles. The van der Waals surface area contributed by atoms with Crippen molar-refractivity contribution in [2.75, 3.05) is 0 Å². The number of hydrogen-bond donors (Lipinski definition) is 0. The second-order valence-corrected chi connectivity index (χ2v) is 9.98. The summed E-state index contributed by atoms with van der Waals surface area (Å²) in [5, 5.41) is -0.00821. The van der Waals surface area contributed by atoms with E-state index in [1.165, 1.54) is 27.7 Å². The molecule has 0 radical (unpaired) electrons. The Balaban J connectivity index is 1.82. The molecule has 2 heterocycles. The molecule has 0 saturated heterocycles. The predicted molar refractivity (Wildman–Crippen MR) is 123 cm³/mol. The van der Waals surface area contributed by atoms with E-state index in [9.17, 15) is 52.7 Å². The molecule has 0 amide bonds. The molecule has 2 aliphatic carbocycles. The summed E-state index contributed by atoms with van der Waals surface area (Å²) >= 11 is 0. The van der Waals surface area contributed by atoms with Crippen molar-refractivity contribution in [2.45, 2.75) is 52.4 Å². The lowest BCUT2D eigenvalue weighted by molar-refractivity contribution is -0.167. The van der Waals surface area contributed by atoms with E-state index in [2.05, 4.69) is 19.9 Å². The number of fused-ring (bicyclic) bond motifs is 6. The van der Waals surface area contributed by atoms with Crippen molar-refractivity contribution >= 4 is 10.8 Å². The van der Waals surface area contributed by atoms with Gasteiger partial charge in [0, 0.05) is 33.0 Å². The summed E-state index contributed by atoms with van der Waals surface area (Å²) in [4.78, 5) is 13.6. The molecule has 6 rings (SSSR count). The Morgan fingerprint density at radius 1 is 0.333 bits per heavy atom. The summed E-state index contributed by atoms with van der Waals surface area (Å²) in [6.07, 6.45) is -22.2. The Labute approximate surface area is 226 Å². The van der Waals surface area contributed by atoms with E-state index in [1.807, 2.05) is 0 Å². The van der Waals surface area contributed by atoms with Gasteiger partial charge in [-0.25, -0.2) is 19.9 Å². The van der Waals surface area contributed by atoms with E-state index in [-0.39, 0.29) is 55.3 Å². The molecular formula is C26H12F12N4. The Morgan fingerprint density at radius 3 is 0.643 bits per heavy atom. The van der Waals surface area contributed by atoms with Crippen LogP contribution in [0.2, 0.25) is 0 Å². The van der Waals surface area contributed by atoms with Crippen LogP contribution in [0.5, 0.6) is 0 Å². The maximum absolute atomic E-state index is 13.8. The number of alkyl halides is 12. The molecule has 0 spiro atoms. The second kappa shape index (κ2) is 7.89. The van der Waals surface area contributed by atoms with E-state index in [1.54, 1.807) is 0 Å². The number of halogens is 12. The van der Waals surface area contributed by atoms with Gasteiger partial charge in [-0.15, -0.1) is 0 Å². The van der Waals surface area contributed by atoms with Crippen LogP contribution in [-0.4, -0.2) is 19.9 Å². The van der Waals surface area contributed by atoms with Gasteiger partial charge in [-0.2, -0.15) is 52.7 Å². The molecule has 4 nitrogen and oxygen atoms in total. The van der Waals surface area contributed by atoms with Gasteiger partial charge in [0.2, 0.25) is 0 Å². The molecule has 0 N–H and O–H groups in total. The molecule has 0 unspecified atom stereocenters. The maximum Gasteiger partial charge on any atom is 0.435 e. The highest BCUT2D eigenvalue weighted by molar-refractivity contribution is 6.27. The Morgan fingerprint density at radius 2 is 0.500 bits per heavy atom. The van der Waals surface area contributed by atoms with Crippen molar-refractivity contribution in [3.8, 4) is 45.0 Å². The Kier molecular flexibility index (Phi) is 5.29. The van der Waals surface area contributed by atoms with Gasteiger partial charge in [0.05, 0.1) is 22.8 Å². The fraction of sp³-hybridized carbons (Fsp3) is 0.308. The third-order valence-electron chi connectivity index (χ3n) is 7.69. The van der Waals surface area contributed by atoms with E-state index in [0.717, 1.165) is 0 Å². The Hall–Kier alpha value is -3.98. The van der Waals surface area contributed by atoms with E-state index in [0.29, 0.717) is 0 Å². The van der Waals surface area contributed by atoms with Gasteiger partial charge < -0.3 is 0 Å². The average Bonchev–Trinajstić information content (AvgIpc) is 3.35. The first-order chi connectivity index (χ1) is 19.1. The van der Waals surface area contributed by atoms with Crippen LogP contribution in [0.4, 0.5) is 52.7 Å². The van der Waals surface area contributed by atoms with Gasteiger partial charge in [0.15, 0.2) is 22.8 Å². The van der Waals surface area contributed by atoms with Crippen LogP contribution in [-0.2, 0) is 24.7 Å². The van der Waals surface area contributed by atoms with Crippen LogP contribution in [0.25, 0.3) is 55.8 Å². The monoisotopic (exact) mass is 608 g/mol. The number of benzene rings is 2. The zero-order valence-corrected chi connectivity index (χ0v) is 21.3. The molecule has 42 heavy (non-hydrogen) atoms. The summed E-state index contributed by atoms with van der Waals surface area (Å²) in [6, 6.07) is 0. The summed E-state index contributed by atoms with van der Waals surface area (Å²) in [5.74, 6) is 0. The minimum absolute atomic E-state index is 0.00411. The highest BCUT2D eigenvalue weighted by atomic mass is 19.4. The smallest absolute Gasteiger partial charge is 0.239 e. The number of hydrogen-bond acceptors (Lipinski definition) is 4. The van der Waals surface area contributed by atoms with E-state index < -0.39 is 70.3 Å². The number of aromatic nitrogens is 4. The van der Waals surface area contributed by atoms with Crippen LogP contribution < -0.4 is 0 Å². The molecule has 4 aromatic rings. The maximum atomic E-state index is 13.8. The van der Waals surface area contributed by atoms with Crippen LogP contribution in [0.3, 0.4) is 0 Å². The highest BCUT2D eigenvalue weighted by Gasteiger charge is 2.51. The molecule has 0 atom stereocenters. The zero-order valence-electron chi connectivity index (χ0n) is 21.3. The first-order valence-corrected chi connectivity index (χ1v) is 11.8. The Bertz CT molecular complexity index is 1640. The molecule has 0 bridgehead atoms. The van der Waals surface area contributed by atoms with Gasteiger partial charge in [-0.05, 0) is 49.9 Å². The third-order valence-corrected chi connectivity index (χ3v) is 7.69. The quantitative estimate of drug-likeness (QED) is 0.162. The normalized spacial score (nSPS) is 14.2. The van der Waals surface area contributed by atoms with Gasteiger partial charge in [-0.1, -0.05) is 0 Å². The molecule has 2 aromatic heterocycles. The van der Waals surface area contributed by atoms with Gasteiger partial charge in [-0.3, -0.25) is 0 Å². The predicted octanol–water partition coefficient (Wildman–Crippen LogP) is 9.02. The minimum atomic E-state index is -5.56. The van der Waals surface area contributed by atoms with Crippen molar-refractivity contribution in [1.29, 1.82) is 0 Å². The van der Waals surface area contributed by atoms with E-state index in [4.69, 9.17) is 0 Å². The molecule has 220 valence electrons. The van der Waals surface area contributed by atoms with Gasteiger partial charge in [0.1, 0.15) is 0 Å². The summed E-state index contributed by atoms with van der Waals surface area (Å²) < 4.78 is 165. The lowest BCUT2D eigenvalue weighted by atomic mass is 9.87. The molecule has 16 heteroatoms. The largest absolute Gasteiger partial charge is 0.435 e. The fourth-order valence-corrected chi connectivity index (χ4v) is 5.79. The third kappa shape index (κ3) is 3.52. The first-order valence-electron chi connectivity index (χ1n) is 11.8. The van der Waals surface area contributed by atoms with Crippen LogP contribution >= 0.6 is 0 Å². The second-order valence-electron chi connectivity index (χ2n) is 9.98. The van der Waals surface area contributed by atoms with E-state index >= 15 is 0 Å². The number of rotatable bonds is 0. The van der Waals surface area contributed by atoms with Crippen LogP contribution in [0.15, 0.2) is 0 Å². The molecular weight excluding hydrogens is 596 g/mol. The standard InChI is InChI=1S/C26H12F12N4/c1-5-6(2)10-14-12(18-16(10)40-21(25(33,34)35)22(42-18)26(36,37)38)8(4)7(3)11-13(14)9(5)15-17(11)41-20(24(30,31)32)19(39-15)23(27,28)29/h1-4H3. The zero-order chi connectivity index (χ0) is 31.2. The SMILES string of the molecule is Cc1c(C)c2c3c(c(C)c(C)c4c3c1-c1nc(C(F)(F)F)c(C(F)(F)F)nc1-4)-c1nc(C(F)(F)F)c(C(F)(F)F)nc1-2. The minimum Gasteiger partial charge on any atom is -0.239 e. The fourth-order valence-electron chi connectivity index (χ4n) is 5.79. The lowest BCUT2D eigenvalue weighted by Gasteiger charge is -2.17. The van der Waals surface area contributed by atoms with Crippen molar-refractivity contribution in [2.24, 2.45) is 0 Å². The van der Waals surface area contributed by atoms with Gasteiger partial charge in [0.25, 0.3) is 0 Å². The molecule has 0 saturated carbocycles. The molecule has 0 fully saturated rings. The van der Waals surface area contributed by atoms with Crippen molar-refractivity contribution in [1.82, 2.24) is 19.9 Å². The molecule has 2 aliphatic rings. The molecule has 2 aromatic carbocycles. The van der Waals surface area contributed by atoms with Crippen molar-refractivity contribution in [3.63, 3.8) is 0 Å². The van der Waals surface area contributed by atoms with Crippen LogP contribution in [0.1, 0.15) is 45.0 Å². The first kappa shape index (κ1) is 28.2. The average molecular weight is 608 g/mol. The van der Waals surface area contributed by atoms with Crippen molar-refractivity contribution in [3.05, 3.63) is 45.0 Å². The lowest BCUT2D eigenvalue weighted by Crippen LogP contribution is -2.21. The van der Waals surface area contributed by atoms with Crippen molar-refractivity contribution < 1.29 is 52.7 Å².